The third kappa shape index (κ3) is 9.39. The SMILES string of the molecule is NC(=O)CCC(NC(=O)C(Cc1c[nH]c2ccccc12)NC(=O)C(N)CCC(=O)O)C(=O)NC(CO)C(=O)O. The molecule has 0 aliphatic rings. The first-order valence-corrected chi connectivity index (χ1v) is 12.0. The summed E-state index contributed by atoms with van der Waals surface area (Å²) in [5.74, 6) is -6.13. The molecule has 0 saturated heterocycles. The van der Waals surface area contributed by atoms with E-state index in [4.69, 9.17) is 21.7 Å². The number of H-pyrrole nitrogens is 1. The Balaban J connectivity index is 2.30. The van der Waals surface area contributed by atoms with E-state index in [-0.39, 0.29) is 32.1 Å². The number of primary amides is 1. The fraction of sp³-hybridized carbons (Fsp3) is 0.417. The van der Waals surface area contributed by atoms with Crippen LogP contribution in [-0.4, -0.2) is 86.6 Å². The van der Waals surface area contributed by atoms with Gasteiger partial charge in [-0.1, -0.05) is 18.2 Å². The Hall–Kier alpha value is -4.50. The maximum atomic E-state index is 13.3. The number of aromatic amines is 1. The van der Waals surface area contributed by atoms with Gasteiger partial charge >= 0.3 is 11.9 Å². The van der Waals surface area contributed by atoms with Crippen molar-refractivity contribution in [3.63, 3.8) is 0 Å². The number of hydrogen-bond acceptors (Lipinski definition) is 8. The predicted molar refractivity (Wildman–Crippen MR) is 136 cm³/mol. The zero-order valence-corrected chi connectivity index (χ0v) is 20.9. The molecular weight excluding hydrogens is 516 g/mol. The van der Waals surface area contributed by atoms with Gasteiger partial charge in [0.2, 0.25) is 23.6 Å². The fourth-order valence-corrected chi connectivity index (χ4v) is 3.70. The second-order valence-electron chi connectivity index (χ2n) is 8.81. The Kier molecular flexibility index (Phi) is 11.4. The molecule has 0 spiro atoms. The molecule has 15 nitrogen and oxygen atoms in total. The molecule has 0 fully saturated rings. The molecule has 0 saturated carbocycles. The van der Waals surface area contributed by atoms with Crippen molar-refractivity contribution < 1.29 is 44.1 Å². The zero-order chi connectivity index (χ0) is 29.1. The van der Waals surface area contributed by atoms with E-state index in [9.17, 15) is 33.9 Å². The van der Waals surface area contributed by atoms with Gasteiger partial charge in [0.1, 0.15) is 18.1 Å². The number of aromatic nitrogens is 1. The van der Waals surface area contributed by atoms with E-state index in [0.717, 1.165) is 10.9 Å². The average molecular weight is 549 g/mol. The number of carboxylic acids is 2. The minimum absolute atomic E-state index is 0.0637. The lowest BCUT2D eigenvalue weighted by atomic mass is 10.0. The second kappa shape index (κ2) is 14.4. The number of rotatable bonds is 16. The molecule has 0 aliphatic carbocycles. The first kappa shape index (κ1) is 30.7. The summed E-state index contributed by atoms with van der Waals surface area (Å²) in [5, 5.41) is 34.9. The van der Waals surface area contributed by atoms with E-state index >= 15 is 0 Å². The zero-order valence-electron chi connectivity index (χ0n) is 20.9. The molecule has 4 unspecified atom stereocenters. The molecule has 0 aliphatic heterocycles. The number of aliphatic hydroxyl groups is 1. The van der Waals surface area contributed by atoms with Crippen molar-refractivity contribution in [3.8, 4) is 0 Å². The van der Waals surface area contributed by atoms with Crippen LogP contribution in [0.15, 0.2) is 30.5 Å². The lowest BCUT2D eigenvalue weighted by molar-refractivity contribution is -0.143. The van der Waals surface area contributed by atoms with Crippen LogP contribution >= 0.6 is 0 Å². The van der Waals surface area contributed by atoms with Crippen molar-refractivity contribution in [2.24, 2.45) is 11.5 Å². The summed E-state index contributed by atoms with van der Waals surface area (Å²) in [6.07, 6.45) is 0.372. The summed E-state index contributed by atoms with van der Waals surface area (Å²) in [7, 11) is 0. The molecule has 15 heteroatoms. The van der Waals surface area contributed by atoms with Gasteiger partial charge in [-0.15, -0.1) is 0 Å². The van der Waals surface area contributed by atoms with Crippen LogP contribution in [0.3, 0.4) is 0 Å². The van der Waals surface area contributed by atoms with E-state index in [1.54, 1.807) is 30.5 Å². The van der Waals surface area contributed by atoms with Gasteiger partial charge in [0.25, 0.3) is 0 Å². The smallest absolute Gasteiger partial charge is 0.328 e. The van der Waals surface area contributed by atoms with Gasteiger partial charge in [-0.2, -0.15) is 0 Å². The van der Waals surface area contributed by atoms with Crippen molar-refractivity contribution in [1.29, 1.82) is 0 Å². The van der Waals surface area contributed by atoms with Gasteiger partial charge in [-0.3, -0.25) is 24.0 Å². The maximum Gasteiger partial charge on any atom is 0.328 e. The molecule has 1 aromatic carbocycles. The van der Waals surface area contributed by atoms with Crippen LogP contribution in [0.4, 0.5) is 0 Å². The van der Waals surface area contributed by atoms with Gasteiger partial charge in [-0.05, 0) is 24.5 Å². The van der Waals surface area contributed by atoms with Gasteiger partial charge in [0, 0.05) is 36.4 Å². The van der Waals surface area contributed by atoms with Gasteiger partial charge in [-0.25, -0.2) is 4.79 Å². The lowest BCUT2D eigenvalue weighted by Crippen LogP contribution is -2.58. The van der Waals surface area contributed by atoms with Crippen LogP contribution in [0.5, 0.6) is 0 Å². The Morgan fingerprint density at radius 2 is 1.46 bits per heavy atom. The lowest BCUT2D eigenvalue weighted by Gasteiger charge is -2.25. The molecular formula is C24H32N6O9. The number of nitrogens with one attached hydrogen (secondary N) is 4. The Morgan fingerprint density at radius 3 is 2.08 bits per heavy atom. The molecule has 1 heterocycles. The molecule has 0 bridgehead atoms. The van der Waals surface area contributed by atoms with Crippen LogP contribution < -0.4 is 27.4 Å². The highest BCUT2D eigenvalue weighted by Crippen LogP contribution is 2.19. The Bertz CT molecular complexity index is 1210. The van der Waals surface area contributed by atoms with Crippen LogP contribution in [0, 0.1) is 0 Å². The Labute approximate surface area is 222 Å². The van der Waals surface area contributed by atoms with E-state index in [1.165, 1.54) is 0 Å². The Morgan fingerprint density at radius 1 is 0.846 bits per heavy atom. The molecule has 4 atom stereocenters. The topological polar surface area (TPSA) is 267 Å². The number of aliphatic carboxylic acids is 2. The number of para-hydroxylation sites is 1. The number of aliphatic hydroxyl groups excluding tert-OH is 1. The number of amides is 4. The molecule has 212 valence electrons. The number of carbonyl (C=O) groups excluding carboxylic acids is 4. The fourth-order valence-electron chi connectivity index (χ4n) is 3.70. The monoisotopic (exact) mass is 548 g/mol. The highest BCUT2D eigenvalue weighted by atomic mass is 16.4. The minimum atomic E-state index is -1.67. The number of nitrogens with two attached hydrogens (primary N) is 2. The van der Waals surface area contributed by atoms with Gasteiger partial charge < -0.3 is 47.7 Å². The summed E-state index contributed by atoms with van der Waals surface area (Å²) < 4.78 is 0. The highest BCUT2D eigenvalue weighted by molar-refractivity contribution is 5.95. The average Bonchev–Trinajstić information content (AvgIpc) is 3.29. The predicted octanol–water partition coefficient (Wildman–Crippen LogP) is -2.30. The molecule has 0 radical (unpaired) electrons. The van der Waals surface area contributed by atoms with Gasteiger partial charge in [0.15, 0.2) is 0 Å². The second-order valence-corrected chi connectivity index (χ2v) is 8.81. The largest absolute Gasteiger partial charge is 0.481 e. The molecule has 2 rings (SSSR count). The van der Waals surface area contributed by atoms with E-state index in [2.05, 4.69) is 20.9 Å². The third-order valence-electron chi connectivity index (χ3n) is 5.85. The van der Waals surface area contributed by atoms with Crippen molar-refractivity contribution in [3.05, 3.63) is 36.0 Å². The first-order chi connectivity index (χ1) is 18.4. The number of fused-ring (bicyclic) bond motifs is 1. The van der Waals surface area contributed by atoms with E-state index in [0.29, 0.717) is 5.56 Å². The molecule has 39 heavy (non-hydrogen) atoms. The van der Waals surface area contributed by atoms with Gasteiger partial charge in [0.05, 0.1) is 12.6 Å². The molecule has 4 amide bonds. The number of carboxylic acid groups (broad SMARTS) is 2. The minimum Gasteiger partial charge on any atom is -0.481 e. The summed E-state index contributed by atoms with van der Waals surface area (Å²) in [6.45, 7) is -0.926. The summed E-state index contributed by atoms with van der Waals surface area (Å²) in [6, 6.07) is 1.52. The van der Waals surface area contributed by atoms with Crippen LogP contribution in [0.1, 0.15) is 31.2 Å². The number of benzene rings is 1. The summed E-state index contributed by atoms with van der Waals surface area (Å²) >= 11 is 0. The van der Waals surface area contributed by atoms with Crippen molar-refractivity contribution in [1.82, 2.24) is 20.9 Å². The number of hydrogen-bond donors (Lipinski definition) is 9. The summed E-state index contributed by atoms with van der Waals surface area (Å²) in [4.78, 5) is 75.2. The first-order valence-electron chi connectivity index (χ1n) is 12.0. The standard InChI is InChI=1S/C24H32N6O9/c25-14(5-8-20(33)34)21(35)29-17(9-12-10-27-15-4-2-1-3-13(12)15)23(37)28-16(6-7-19(26)32)22(36)30-18(11-31)24(38)39/h1-4,10,14,16-18,27,31H,5-9,11,25H2,(H2,26,32)(H,28,37)(H,29,35)(H,30,36)(H,33,34)(H,38,39). The normalized spacial score (nSPS) is 14.0. The molecule has 2 aromatic rings. The van der Waals surface area contributed by atoms with Crippen molar-refractivity contribution in [2.75, 3.05) is 6.61 Å². The number of carbonyl (C=O) groups is 6. The molecule has 11 N–H and O–H groups in total. The van der Waals surface area contributed by atoms with Crippen LogP contribution in [0.2, 0.25) is 0 Å². The third-order valence-corrected chi connectivity index (χ3v) is 5.85. The van der Waals surface area contributed by atoms with E-state index < -0.39 is 66.3 Å². The maximum absolute atomic E-state index is 13.3. The summed E-state index contributed by atoms with van der Waals surface area (Å²) in [5.41, 5.74) is 12.4. The van der Waals surface area contributed by atoms with E-state index in [1.807, 2.05) is 0 Å². The van der Waals surface area contributed by atoms with Crippen molar-refractivity contribution in [2.45, 2.75) is 56.3 Å². The van der Waals surface area contributed by atoms with Crippen LogP contribution in [-0.2, 0) is 35.2 Å². The quantitative estimate of drug-likeness (QED) is 0.108. The van der Waals surface area contributed by atoms with Crippen molar-refractivity contribution >= 4 is 46.5 Å². The highest BCUT2D eigenvalue weighted by Gasteiger charge is 2.31. The molecule has 1 aromatic heterocycles. The van der Waals surface area contributed by atoms with Crippen LogP contribution in [0.25, 0.3) is 10.9 Å².